The van der Waals surface area contributed by atoms with Crippen molar-refractivity contribution in [2.24, 2.45) is 0 Å². The first kappa shape index (κ1) is 22.0. The molecule has 0 fully saturated rings. The summed E-state index contributed by atoms with van der Waals surface area (Å²) in [5.41, 5.74) is 3.59. The number of benzene rings is 1. The molecule has 0 bridgehead atoms. The van der Waals surface area contributed by atoms with E-state index >= 15 is 0 Å². The SMILES string of the molecule is C=CCCCCCCC(=O)Nc1cccc(CC/C=C(/C)CCC=C)c1. The molecule has 1 N–H and O–H groups in total. The van der Waals surface area contributed by atoms with E-state index in [1.54, 1.807) is 0 Å². The van der Waals surface area contributed by atoms with E-state index in [1.807, 2.05) is 24.3 Å². The van der Waals surface area contributed by atoms with Crippen molar-refractivity contribution in [3.63, 3.8) is 0 Å². The fraction of sp³-hybridized carbons (Fsp3) is 0.458. The van der Waals surface area contributed by atoms with Crippen molar-refractivity contribution in [1.82, 2.24) is 0 Å². The van der Waals surface area contributed by atoms with Gasteiger partial charge in [0.2, 0.25) is 5.91 Å². The van der Waals surface area contributed by atoms with Gasteiger partial charge in [-0.25, -0.2) is 0 Å². The van der Waals surface area contributed by atoms with Gasteiger partial charge in [0.05, 0.1) is 0 Å². The lowest BCUT2D eigenvalue weighted by molar-refractivity contribution is -0.116. The Kier molecular flexibility index (Phi) is 11.9. The van der Waals surface area contributed by atoms with Gasteiger partial charge in [-0.15, -0.1) is 13.2 Å². The first-order valence-electron chi connectivity index (χ1n) is 9.92. The number of rotatable bonds is 14. The Bertz CT molecular complexity index is 586. The van der Waals surface area contributed by atoms with Crippen LogP contribution in [0.25, 0.3) is 0 Å². The summed E-state index contributed by atoms with van der Waals surface area (Å²) in [6.07, 6.45) is 16.5. The molecular weight excluding hydrogens is 318 g/mol. The maximum absolute atomic E-state index is 12.1. The second-order valence-corrected chi connectivity index (χ2v) is 6.91. The zero-order valence-electron chi connectivity index (χ0n) is 16.4. The van der Waals surface area contributed by atoms with Gasteiger partial charge in [0.1, 0.15) is 0 Å². The number of carbonyl (C=O) groups is 1. The second-order valence-electron chi connectivity index (χ2n) is 6.91. The van der Waals surface area contributed by atoms with Crippen molar-refractivity contribution in [1.29, 1.82) is 0 Å². The molecule has 142 valence electrons. The Balaban J connectivity index is 2.33. The molecule has 0 spiro atoms. The van der Waals surface area contributed by atoms with E-state index in [0.717, 1.165) is 50.6 Å². The lowest BCUT2D eigenvalue weighted by Gasteiger charge is -2.07. The number of allylic oxidation sites excluding steroid dienone is 4. The molecule has 0 heterocycles. The molecule has 0 atom stereocenters. The number of aryl methyl sites for hydroxylation is 1. The second kappa shape index (κ2) is 14.1. The van der Waals surface area contributed by atoms with E-state index in [-0.39, 0.29) is 5.91 Å². The molecule has 0 saturated heterocycles. The Morgan fingerprint density at radius 3 is 2.54 bits per heavy atom. The smallest absolute Gasteiger partial charge is 0.224 e. The van der Waals surface area contributed by atoms with Crippen molar-refractivity contribution in [2.75, 3.05) is 5.32 Å². The van der Waals surface area contributed by atoms with Gasteiger partial charge < -0.3 is 5.32 Å². The topological polar surface area (TPSA) is 29.1 Å². The third-order valence-electron chi connectivity index (χ3n) is 4.44. The van der Waals surface area contributed by atoms with Gasteiger partial charge in [-0.2, -0.15) is 0 Å². The molecule has 26 heavy (non-hydrogen) atoms. The van der Waals surface area contributed by atoms with Crippen LogP contribution in [0.2, 0.25) is 0 Å². The number of amides is 1. The summed E-state index contributed by atoms with van der Waals surface area (Å²) in [4.78, 5) is 12.1. The predicted molar refractivity (Wildman–Crippen MR) is 114 cm³/mol. The monoisotopic (exact) mass is 353 g/mol. The largest absolute Gasteiger partial charge is 0.326 e. The van der Waals surface area contributed by atoms with Crippen molar-refractivity contribution >= 4 is 11.6 Å². The van der Waals surface area contributed by atoms with Crippen LogP contribution in [0.15, 0.2) is 61.2 Å². The van der Waals surface area contributed by atoms with Crippen LogP contribution < -0.4 is 5.32 Å². The standard InChI is InChI=1S/C24H35NO/c1-4-6-8-9-10-11-19-24(26)25-23-18-13-17-22(20-23)16-12-15-21(3)14-7-5-2/h4-5,13,15,17-18,20H,1-2,6-12,14,16,19H2,3H3,(H,25,26)/b21-15-. The average Bonchev–Trinajstić information content (AvgIpc) is 2.63. The van der Waals surface area contributed by atoms with E-state index in [4.69, 9.17) is 0 Å². The van der Waals surface area contributed by atoms with Gasteiger partial charge in [-0.3, -0.25) is 4.79 Å². The minimum atomic E-state index is 0.117. The van der Waals surface area contributed by atoms with E-state index in [1.165, 1.54) is 24.0 Å². The molecule has 0 aliphatic carbocycles. The van der Waals surface area contributed by atoms with Crippen LogP contribution in [0.5, 0.6) is 0 Å². The molecule has 0 unspecified atom stereocenters. The molecule has 1 amide bonds. The summed E-state index contributed by atoms with van der Waals surface area (Å²) in [6, 6.07) is 8.21. The van der Waals surface area contributed by atoms with Crippen molar-refractivity contribution in [3.8, 4) is 0 Å². The van der Waals surface area contributed by atoms with Crippen LogP contribution in [-0.4, -0.2) is 5.91 Å². The number of anilines is 1. The maximum atomic E-state index is 12.1. The molecule has 2 nitrogen and oxygen atoms in total. The third-order valence-corrected chi connectivity index (χ3v) is 4.44. The van der Waals surface area contributed by atoms with Crippen LogP contribution in [0, 0.1) is 0 Å². The Labute approximate surface area is 160 Å². The van der Waals surface area contributed by atoms with Crippen LogP contribution in [-0.2, 0) is 11.2 Å². The highest BCUT2D eigenvalue weighted by Gasteiger charge is 2.03. The number of carbonyl (C=O) groups excluding carboxylic acids is 1. The molecular formula is C24H35NO. The maximum Gasteiger partial charge on any atom is 0.224 e. The van der Waals surface area contributed by atoms with Gasteiger partial charge in [-0.1, -0.05) is 48.8 Å². The highest BCUT2D eigenvalue weighted by atomic mass is 16.1. The number of unbranched alkanes of at least 4 members (excludes halogenated alkanes) is 4. The molecule has 0 aliphatic rings. The van der Waals surface area contributed by atoms with Crippen molar-refractivity contribution in [3.05, 3.63) is 66.8 Å². The van der Waals surface area contributed by atoms with Gasteiger partial charge >= 0.3 is 0 Å². The summed E-state index contributed by atoms with van der Waals surface area (Å²) in [5, 5.41) is 3.03. The van der Waals surface area contributed by atoms with E-state index < -0.39 is 0 Å². The van der Waals surface area contributed by atoms with Gasteiger partial charge in [-0.05, 0) is 69.6 Å². The number of nitrogens with one attached hydrogen (secondary N) is 1. The minimum absolute atomic E-state index is 0.117. The molecule has 0 aromatic heterocycles. The summed E-state index contributed by atoms with van der Waals surface area (Å²) in [6.45, 7) is 9.67. The summed E-state index contributed by atoms with van der Waals surface area (Å²) in [7, 11) is 0. The van der Waals surface area contributed by atoms with Gasteiger partial charge in [0.25, 0.3) is 0 Å². The van der Waals surface area contributed by atoms with E-state index in [9.17, 15) is 4.79 Å². The van der Waals surface area contributed by atoms with Crippen LogP contribution in [0.3, 0.4) is 0 Å². The normalized spacial score (nSPS) is 11.2. The first-order chi connectivity index (χ1) is 12.7. The fourth-order valence-electron chi connectivity index (χ4n) is 2.87. The third kappa shape index (κ3) is 10.7. The molecule has 0 radical (unpaired) electrons. The van der Waals surface area contributed by atoms with Gasteiger partial charge in [0, 0.05) is 12.1 Å². The summed E-state index contributed by atoms with van der Waals surface area (Å²) >= 11 is 0. The Morgan fingerprint density at radius 2 is 1.77 bits per heavy atom. The zero-order chi connectivity index (χ0) is 19.0. The Hall–Kier alpha value is -2.09. The fourth-order valence-corrected chi connectivity index (χ4v) is 2.87. The van der Waals surface area contributed by atoms with Crippen LogP contribution in [0.1, 0.15) is 70.3 Å². The van der Waals surface area contributed by atoms with Crippen molar-refractivity contribution in [2.45, 2.75) is 71.1 Å². The minimum Gasteiger partial charge on any atom is -0.326 e. The summed E-state index contributed by atoms with van der Waals surface area (Å²) in [5.74, 6) is 0.117. The first-order valence-corrected chi connectivity index (χ1v) is 9.92. The lowest BCUT2D eigenvalue weighted by atomic mass is 10.1. The number of hydrogen-bond donors (Lipinski definition) is 1. The molecule has 2 heteroatoms. The highest BCUT2D eigenvalue weighted by Crippen LogP contribution is 2.15. The highest BCUT2D eigenvalue weighted by molar-refractivity contribution is 5.90. The molecule has 1 rings (SSSR count). The van der Waals surface area contributed by atoms with Crippen LogP contribution >= 0.6 is 0 Å². The molecule has 1 aromatic rings. The quantitative estimate of drug-likeness (QED) is 0.283. The molecule has 0 aliphatic heterocycles. The van der Waals surface area contributed by atoms with Crippen LogP contribution in [0.4, 0.5) is 5.69 Å². The predicted octanol–water partition coefficient (Wildman–Crippen LogP) is 7.00. The average molecular weight is 354 g/mol. The molecule has 1 aromatic carbocycles. The molecule has 0 saturated carbocycles. The summed E-state index contributed by atoms with van der Waals surface area (Å²) < 4.78 is 0. The van der Waals surface area contributed by atoms with Crippen molar-refractivity contribution < 1.29 is 4.79 Å². The van der Waals surface area contributed by atoms with E-state index in [2.05, 4.69) is 43.6 Å². The zero-order valence-corrected chi connectivity index (χ0v) is 16.4. The van der Waals surface area contributed by atoms with E-state index in [0.29, 0.717) is 6.42 Å². The number of hydrogen-bond acceptors (Lipinski definition) is 1. The lowest BCUT2D eigenvalue weighted by Crippen LogP contribution is -2.11. The Morgan fingerprint density at radius 1 is 1.00 bits per heavy atom. The van der Waals surface area contributed by atoms with Gasteiger partial charge in [0.15, 0.2) is 0 Å².